The first-order valence-electron chi connectivity index (χ1n) is 11.5. The maximum absolute atomic E-state index is 12.9. The lowest BCUT2D eigenvalue weighted by molar-refractivity contribution is -0.133. The van der Waals surface area contributed by atoms with Gasteiger partial charge in [-0.1, -0.05) is 30.3 Å². The highest BCUT2D eigenvalue weighted by Crippen LogP contribution is 2.29. The van der Waals surface area contributed by atoms with Crippen molar-refractivity contribution in [1.29, 1.82) is 0 Å². The van der Waals surface area contributed by atoms with E-state index >= 15 is 0 Å². The van der Waals surface area contributed by atoms with Crippen LogP contribution in [0.3, 0.4) is 0 Å². The van der Waals surface area contributed by atoms with Crippen LogP contribution in [0, 0.1) is 13.8 Å². The van der Waals surface area contributed by atoms with Gasteiger partial charge in [0.15, 0.2) is 0 Å². The lowest BCUT2D eigenvalue weighted by atomic mass is 10.0. The summed E-state index contributed by atoms with van der Waals surface area (Å²) in [6.07, 6.45) is 2.40. The molecular weight excluding hydrogens is 416 g/mol. The Labute approximate surface area is 192 Å². The maximum atomic E-state index is 12.9. The van der Waals surface area contributed by atoms with Crippen LogP contribution in [0.15, 0.2) is 62.4 Å². The Morgan fingerprint density at radius 1 is 0.970 bits per heavy atom. The number of carbonyl (C=O) groups is 1. The molecule has 170 valence electrons. The van der Waals surface area contributed by atoms with E-state index in [9.17, 15) is 9.59 Å². The Morgan fingerprint density at radius 2 is 1.73 bits per heavy atom. The largest absolute Gasteiger partial charge is 0.464 e. The summed E-state index contributed by atoms with van der Waals surface area (Å²) in [5.41, 5.74) is 4.64. The Bertz CT molecular complexity index is 1360. The third-order valence-corrected chi connectivity index (χ3v) is 6.74. The van der Waals surface area contributed by atoms with Crippen LogP contribution in [0.2, 0.25) is 0 Å². The fraction of sp³-hybridized carbons (Fsp3) is 0.333. The van der Waals surface area contributed by atoms with Gasteiger partial charge in [0.25, 0.3) is 0 Å². The van der Waals surface area contributed by atoms with Gasteiger partial charge in [-0.05, 0) is 43.0 Å². The first kappa shape index (κ1) is 21.5. The molecule has 0 bridgehead atoms. The summed E-state index contributed by atoms with van der Waals surface area (Å²) in [6, 6.07) is 14.2. The van der Waals surface area contributed by atoms with Gasteiger partial charge in [0.2, 0.25) is 5.91 Å². The van der Waals surface area contributed by atoms with Crippen LogP contribution in [0.1, 0.15) is 28.7 Å². The number of amides is 1. The molecule has 0 N–H and O–H groups in total. The number of benzene rings is 2. The molecule has 0 saturated carbocycles. The topological polar surface area (TPSA) is 66.9 Å². The van der Waals surface area contributed by atoms with Crippen LogP contribution in [0.4, 0.5) is 0 Å². The minimum Gasteiger partial charge on any atom is -0.464 e. The summed E-state index contributed by atoms with van der Waals surface area (Å²) in [5.74, 6) is 0.0920. The lowest BCUT2D eigenvalue weighted by Gasteiger charge is -2.34. The molecule has 3 heterocycles. The molecule has 1 fully saturated rings. The predicted octanol–water partition coefficient (Wildman–Crippen LogP) is 4.43. The van der Waals surface area contributed by atoms with Gasteiger partial charge < -0.3 is 13.7 Å². The average molecular weight is 445 g/mol. The standard InChI is InChI=1S/C27H28N2O4/c1-18-17-32-24-15-25-23(14-22(18)24)19(2)21(27(31)33-25)8-9-26(30)29-12-10-28(11-13-29)16-20-6-4-3-5-7-20/h3-7,14-15,17H,8-13,16H2,1-2H3. The lowest BCUT2D eigenvalue weighted by Crippen LogP contribution is -2.48. The van der Waals surface area contributed by atoms with Crippen molar-refractivity contribution in [2.75, 3.05) is 26.2 Å². The van der Waals surface area contributed by atoms with Gasteiger partial charge in [0.1, 0.15) is 11.2 Å². The van der Waals surface area contributed by atoms with E-state index in [0.29, 0.717) is 42.7 Å². The zero-order valence-corrected chi connectivity index (χ0v) is 19.1. The van der Waals surface area contributed by atoms with Gasteiger partial charge >= 0.3 is 5.63 Å². The van der Waals surface area contributed by atoms with Crippen molar-refractivity contribution < 1.29 is 13.6 Å². The molecule has 0 radical (unpaired) electrons. The van der Waals surface area contributed by atoms with Gasteiger partial charge in [-0.3, -0.25) is 9.69 Å². The van der Waals surface area contributed by atoms with Crippen LogP contribution in [0.25, 0.3) is 21.9 Å². The van der Waals surface area contributed by atoms with Crippen molar-refractivity contribution >= 4 is 27.8 Å². The fourth-order valence-electron chi connectivity index (χ4n) is 4.71. The third kappa shape index (κ3) is 4.31. The van der Waals surface area contributed by atoms with Gasteiger partial charge in [-0.2, -0.15) is 0 Å². The molecule has 2 aromatic carbocycles. The predicted molar refractivity (Wildman–Crippen MR) is 128 cm³/mol. The molecule has 6 heteroatoms. The monoisotopic (exact) mass is 444 g/mol. The molecule has 5 rings (SSSR count). The zero-order chi connectivity index (χ0) is 22.9. The average Bonchev–Trinajstić information content (AvgIpc) is 3.18. The fourth-order valence-corrected chi connectivity index (χ4v) is 4.71. The number of hydrogen-bond donors (Lipinski definition) is 0. The molecular formula is C27H28N2O4. The summed E-state index contributed by atoms with van der Waals surface area (Å²) >= 11 is 0. The second-order valence-corrected chi connectivity index (χ2v) is 8.90. The summed E-state index contributed by atoms with van der Waals surface area (Å²) in [4.78, 5) is 29.8. The zero-order valence-electron chi connectivity index (χ0n) is 19.1. The summed E-state index contributed by atoms with van der Waals surface area (Å²) < 4.78 is 11.1. The van der Waals surface area contributed by atoms with Gasteiger partial charge in [-0.15, -0.1) is 0 Å². The summed E-state index contributed by atoms with van der Waals surface area (Å²) in [6.45, 7) is 7.98. The van der Waals surface area contributed by atoms with Crippen LogP contribution < -0.4 is 5.63 Å². The number of aryl methyl sites for hydroxylation is 2. The minimum atomic E-state index is -0.372. The molecule has 0 spiro atoms. The van der Waals surface area contributed by atoms with E-state index in [0.717, 1.165) is 41.5 Å². The smallest absolute Gasteiger partial charge is 0.339 e. The second kappa shape index (κ2) is 8.87. The number of rotatable bonds is 5. The Balaban J connectivity index is 1.25. The van der Waals surface area contributed by atoms with E-state index in [4.69, 9.17) is 8.83 Å². The highest BCUT2D eigenvalue weighted by Gasteiger charge is 2.22. The first-order valence-corrected chi connectivity index (χ1v) is 11.5. The maximum Gasteiger partial charge on any atom is 0.339 e. The van der Waals surface area contributed by atoms with E-state index in [1.165, 1.54) is 5.56 Å². The highest BCUT2D eigenvalue weighted by molar-refractivity contribution is 5.96. The third-order valence-electron chi connectivity index (χ3n) is 6.74. The van der Waals surface area contributed by atoms with Gasteiger partial charge in [-0.25, -0.2) is 4.79 Å². The van der Waals surface area contributed by atoms with Crippen LogP contribution >= 0.6 is 0 Å². The number of nitrogens with zero attached hydrogens (tertiary/aromatic N) is 2. The molecule has 0 atom stereocenters. The number of fused-ring (bicyclic) bond motifs is 2. The number of furan rings is 1. The van der Waals surface area contributed by atoms with Crippen LogP contribution in [-0.2, 0) is 17.8 Å². The molecule has 1 aliphatic heterocycles. The first-order chi connectivity index (χ1) is 16.0. The summed E-state index contributed by atoms with van der Waals surface area (Å²) in [7, 11) is 0. The molecule has 4 aromatic rings. The molecule has 0 aliphatic carbocycles. The van der Waals surface area contributed by atoms with E-state index in [1.54, 1.807) is 12.3 Å². The Kier molecular flexibility index (Phi) is 5.77. The normalized spacial score (nSPS) is 14.9. The molecule has 6 nitrogen and oxygen atoms in total. The molecule has 33 heavy (non-hydrogen) atoms. The van der Waals surface area contributed by atoms with Crippen molar-refractivity contribution in [3.63, 3.8) is 0 Å². The Morgan fingerprint density at radius 3 is 2.48 bits per heavy atom. The molecule has 1 amide bonds. The Hall–Kier alpha value is -3.38. The second-order valence-electron chi connectivity index (χ2n) is 8.90. The van der Waals surface area contributed by atoms with E-state index in [2.05, 4.69) is 29.2 Å². The summed E-state index contributed by atoms with van der Waals surface area (Å²) in [5, 5.41) is 1.90. The molecule has 0 unspecified atom stereocenters. The van der Waals surface area contributed by atoms with Crippen LogP contribution in [-0.4, -0.2) is 41.9 Å². The molecule has 2 aromatic heterocycles. The highest BCUT2D eigenvalue weighted by atomic mass is 16.4. The molecule has 1 saturated heterocycles. The van der Waals surface area contributed by atoms with Gasteiger partial charge in [0, 0.05) is 61.5 Å². The van der Waals surface area contributed by atoms with Crippen molar-refractivity contribution in [3.8, 4) is 0 Å². The van der Waals surface area contributed by atoms with Crippen LogP contribution in [0.5, 0.6) is 0 Å². The number of hydrogen-bond acceptors (Lipinski definition) is 5. The minimum absolute atomic E-state index is 0.0920. The molecule has 1 aliphatic rings. The van der Waals surface area contributed by atoms with Gasteiger partial charge in [0.05, 0.1) is 6.26 Å². The van der Waals surface area contributed by atoms with Crippen molar-refractivity contribution in [2.45, 2.75) is 33.2 Å². The van der Waals surface area contributed by atoms with E-state index in [-0.39, 0.29) is 11.5 Å². The van der Waals surface area contributed by atoms with Crippen molar-refractivity contribution in [1.82, 2.24) is 9.80 Å². The number of carbonyl (C=O) groups excluding carboxylic acids is 1. The van der Waals surface area contributed by atoms with E-state index < -0.39 is 0 Å². The van der Waals surface area contributed by atoms with Crippen molar-refractivity contribution in [3.05, 3.63) is 81.4 Å². The van der Waals surface area contributed by atoms with E-state index in [1.807, 2.05) is 30.9 Å². The number of piperazine rings is 1. The SMILES string of the molecule is Cc1coc2cc3oc(=O)c(CCC(=O)N4CCN(Cc5ccccc5)CC4)c(C)c3cc12. The quantitative estimate of drug-likeness (QED) is 0.426. The van der Waals surface area contributed by atoms with Crippen molar-refractivity contribution in [2.24, 2.45) is 0 Å².